The SMILES string of the molecule is CC(=O)Nc1cccc(C(C)N(Cc2ccccc2)C(=O)CCCNC(=O)c2ccc(Cl)cc2)c1. The van der Waals surface area contributed by atoms with Gasteiger partial charge in [0, 0.05) is 42.7 Å². The molecule has 0 fully saturated rings. The molecule has 3 aromatic carbocycles. The molecular weight excluding hydrogens is 462 g/mol. The molecule has 0 aromatic heterocycles. The van der Waals surface area contributed by atoms with Crippen molar-refractivity contribution < 1.29 is 14.4 Å². The molecule has 7 heteroatoms. The Kier molecular flexibility index (Phi) is 9.44. The number of amides is 3. The van der Waals surface area contributed by atoms with E-state index in [0.29, 0.717) is 42.2 Å². The van der Waals surface area contributed by atoms with Crippen molar-refractivity contribution in [3.63, 3.8) is 0 Å². The molecule has 0 saturated carbocycles. The van der Waals surface area contributed by atoms with E-state index in [2.05, 4.69) is 10.6 Å². The number of carbonyl (C=O) groups is 3. The maximum atomic E-state index is 13.3. The minimum absolute atomic E-state index is 0.00738. The molecular formula is C28H30ClN3O3. The maximum Gasteiger partial charge on any atom is 0.251 e. The number of anilines is 1. The molecule has 0 bridgehead atoms. The lowest BCUT2D eigenvalue weighted by Crippen LogP contribution is -2.34. The van der Waals surface area contributed by atoms with Gasteiger partial charge in [0.2, 0.25) is 11.8 Å². The first-order valence-corrected chi connectivity index (χ1v) is 12.0. The molecule has 182 valence electrons. The van der Waals surface area contributed by atoms with Crippen molar-refractivity contribution in [3.8, 4) is 0 Å². The Balaban J connectivity index is 1.65. The Labute approximate surface area is 211 Å². The smallest absolute Gasteiger partial charge is 0.251 e. The van der Waals surface area contributed by atoms with E-state index in [1.165, 1.54) is 6.92 Å². The fourth-order valence-corrected chi connectivity index (χ4v) is 3.90. The van der Waals surface area contributed by atoms with Gasteiger partial charge in [0.05, 0.1) is 6.04 Å². The van der Waals surface area contributed by atoms with Gasteiger partial charge in [0.1, 0.15) is 0 Å². The van der Waals surface area contributed by atoms with E-state index in [9.17, 15) is 14.4 Å². The van der Waals surface area contributed by atoms with E-state index < -0.39 is 0 Å². The third-order valence-corrected chi connectivity index (χ3v) is 5.88. The third-order valence-electron chi connectivity index (χ3n) is 5.63. The van der Waals surface area contributed by atoms with Gasteiger partial charge in [-0.05, 0) is 60.9 Å². The topological polar surface area (TPSA) is 78.5 Å². The number of rotatable bonds is 10. The number of hydrogen-bond donors (Lipinski definition) is 2. The Morgan fingerprint density at radius 3 is 2.34 bits per heavy atom. The monoisotopic (exact) mass is 491 g/mol. The van der Waals surface area contributed by atoms with E-state index >= 15 is 0 Å². The predicted octanol–water partition coefficient (Wildman–Crippen LogP) is 5.60. The highest BCUT2D eigenvalue weighted by Gasteiger charge is 2.22. The highest BCUT2D eigenvalue weighted by molar-refractivity contribution is 6.30. The molecule has 3 amide bonds. The Morgan fingerprint density at radius 1 is 0.943 bits per heavy atom. The Bertz CT molecular complexity index is 1150. The number of hydrogen-bond acceptors (Lipinski definition) is 3. The van der Waals surface area contributed by atoms with Crippen molar-refractivity contribution in [2.75, 3.05) is 11.9 Å². The molecule has 1 atom stereocenters. The third kappa shape index (κ3) is 7.97. The second-order valence-electron chi connectivity index (χ2n) is 8.36. The normalized spacial score (nSPS) is 11.4. The average molecular weight is 492 g/mol. The van der Waals surface area contributed by atoms with Crippen LogP contribution >= 0.6 is 11.6 Å². The van der Waals surface area contributed by atoms with Crippen molar-refractivity contribution in [2.24, 2.45) is 0 Å². The van der Waals surface area contributed by atoms with Crippen molar-refractivity contribution in [1.29, 1.82) is 0 Å². The minimum atomic E-state index is -0.208. The van der Waals surface area contributed by atoms with Gasteiger partial charge in [0.15, 0.2) is 0 Å². The van der Waals surface area contributed by atoms with Gasteiger partial charge in [-0.3, -0.25) is 14.4 Å². The molecule has 0 heterocycles. The molecule has 0 saturated heterocycles. The van der Waals surface area contributed by atoms with Gasteiger partial charge >= 0.3 is 0 Å². The van der Waals surface area contributed by atoms with Crippen LogP contribution in [0.4, 0.5) is 5.69 Å². The lowest BCUT2D eigenvalue weighted by molar-refractivity contribution is -0.134. The molecule has 35 heavy (non-hydrogen) atoms. The lowest BCUT2D eigenvalue weighted by atomic mass is 10.0. The molecule has 6 nitrogen and oxygen atoms in total. The second kappa shape index (κ2) is 12.7. The van der Waals surface area contributed by atoms with Crippen LogP contribution in [0.1, 0.15) is 54.2 Å². The van der Waals surface area contributed by atoms with Crippen molar-refractivity contribution >= 4 is 35.0 Å². The molecule has 0 aliphatic heterocycles. The quantitative estimate of drug-likeness (QED) is 0.362. The van der Waals surface area contributed by atoms with Gasteiger partial charge in [-0.25, -0.2) is 0 Å². The van der Waals surface area contributed by atoms with Crippen LogP contribution in [0.25, 0.3) is 0 Å². The summed E-state index contributed by atoms with van der Waals surface area (Å²) >= 11 is 5.87. The van der Waals surface area contributed by atoms with Crippen LogP contribution in [0.15, 0.2) is 78.9 Å². The van der Waals surface area contributed by atoms with Gasteiger partial charge in [-0.15, -0.1) is 0 Å². The largest absolute Gasteiger partial charge is 0.352 e. The van der Waals surface area contributed by atoms with E-state index in [4.69, 9.17) is 11.6 Å². The van der Waals surface area contributed by atoms with Crippen molar-refractivity contribution in [1.82, 2.24) is 10.2 Å². The Hall–Kier alpha value is -3.64. The zero-order chi connectivity index (χ0) is 25.2. The van der Waals surface area contributed by atoms with E-state index in [1.54, 1.807) is 24.3 Å². The molecule has 3 rings (SSSR count). The Morgan fingerprint density at radius 2 is 1.66 bits per heavy atom. The summed E-state index contributed by atoms with van der Waals surface area (Å²) in [5.41, 5.74) is 3.18. The van der Waals surface area contributed by atoms with Crippen LogP contribution in [-0.4, -0.2) is 29.2 Å². The predicted molar refractivity (Wildman–Crippen MR) is 139 cm³/mol. The van der Waals surface area contributed by atoms with E-state index in [1.807, 2.05) is 66.4 Å². The molecule has 0 radical (unpaired) electrons. The van der Waals surface area contributed by atoms with Crippen LogP contribution in [0.3, 0.4) is 0 Å². The van der Waals surface area contributed by atoms with Crippen molar-refractivity contribution in [3.05, 3.63) is 101 Å². The van der Waals surface area contributed by atoms with Crippen LogP contribution in [0.5, 0.6) is 0 Å². The lowest BCUT2D eigenvalue weighted by Gasteiger charge is -2.30. The minimum Gasteiger partial charge on any atom is -0.352 e. The molecule has 0 spiro atoms. The standard InChI is InChI=1S/C28H30ClN3O3/c1-20(24-10-6-11-26(18-24)31-21(2)33)32(19-22-8-4-3-5-9-22)27(34)12-7-17-30-28(35)23-13-15-25(29)16-14-23/h3-6,8-11,13-16,18,20H,7,12,17,19H2,1-2H3,(H,30,35)(H,31,33). The molecule has 3 aromatic rings. The highest BCUT2D eigenvalue weighted by atomic mass is 35.5. The van der Waals surface area contributed by atoms with Gasteiger partial charge in [-0.2, -0.15) is 0 Å². The average Bonchev–Trinajstić information content (AvgIpc) is 2.85. The van der Waals surface area contributed by atoms with E-state index in [-0.39, 0.29) is 23.8 Å². The van der Waals surface area contributed by atoms with Crippen LogP contribution in [-0.2, 0) is 16.1 Å². The van der Waals surface area contributed by atoms with E-state index in [0.717, 1.165) is 11.1 Å². The number of halogens is 1. The second-order valence-corrected chi connectivity index (χ2v) is 8.79. The first-order valence-electron chi connectivity index (χ1n) is 11.6. The molecule has 0 aliphatic carbocycles. The summed E-state index contributed by atoms with van der Waals surface area (Å²) < 4.78 is 0. The van der Waals surface area contributed by atoms with Gasteiger partial charge in [-0.1, -0.05) is 54.1 Å². The fourth-order valence-electron chi connectivity index (χ4n) is 3.77. The number of carbonyl (C=O) groups excluding carboxylic acids is 3. The zero-order valence-corrected chi connectivity index (χ0v) is 20.7. The molecule has 1 unspecified atom stereocenters. The first kappa shape index (κ1) is 26.0. The summed E-state index contributed by atoms with van der Waals surface area (Å²) in [7, 11) is 0. The fraction of sp³-hybridized carbons (Fsp3) is 0.250. The van der Waals surface area contributed by atoms with Crippen molar-refractivity contribution in [2.45, 2.75) is 39.3 Å². The summed E-state index contributed by atoms with van der Waals surface area (Å²) in [6.45, 7) is 4.30. The number of nitrogens with zero attached hydrogens (tertiary/aromatic N) is 1. The molecule has 2 N–H and O–H groups in total. The van der Waals surface area contributed by atoms with Crippen LogP contribution < -0.4 is 10.6 Å². The molecule has 0 aliphatic rings. The zero-order valence-electron chi connectivity index (χ0n) is 20.0. The summed E-state index contributed by atoms with van der Waals surface area (Å²) in [5.74, 6) is -0.349. The van der Waals surface area contributed by atoms with Crippen LogP contribution in [0, 0.1) is 0 Å². The summed E-state index contributed by atoms with van der Waals surface area (Å²) in [6, 6.07) is 23.8. The highest BCUT2D eigenvalue weighted by Crippen LogP contribution is 2.26. The summed E-state index contributed by atoms with van der Waals surface area (Å²) in [4.78, 5) is 38.9. The van der Waals surface area contributed by atoms with Gasteiger partial charge < -0.3 is 15.5 Å². The van der Waals surface area contributed by atoms with Gasteiger partial charge in [0.25, 0.3) is 5.91 Å². The van der Waals surface area contributed by atoms with Crippen LogP contribution in [0.2, 0.25) is 5.02 Å². The summed E-state index contributed by atoms with van der Waals surface area (Å²) in [5, 5.41) is 6.22. The summed E-state index contributed by atoms with van der Waals surface area (Å²) in [6.07, 6.45) is 0.811. The first-order chi connectivity index (χ1) is 16.8. The number of nitrogens with one attached hydrogen (secondary N) is 2. The maximum absolute atomic E-state index is 13.3. The number of benzene rings is 3.